The molecule has 3 amide bonds. The number of benzene rings is 4. The van der Waals surface area contributed by atoms with E-state index in [4.69, 9.17) is 0 Å². The molecular formula is C33H32N4O5P+. The van der Waals surface area contributed by atoms with Crippen molar-refractivity contribution >= 4 is 58.6 Å². The number of hydrogen-bond donors (Lipinski definition) is 5. The average Bonchev–Trinajstić information content (AvgIpc) is 3.05. The van der Waals surface area contributed by atoms with Crippen LogP contribution in [0.15, 0.2) is 121 Å². The van der Waals surface area contributed by atoms with Crippen LogP contribution in [-0.4, -0.2) is 42.2 Å². The zero-order chi connectivity index (χ0) is 30.8. The zero-order valence-corrected chi connectivity index (χ0v) is 24.5. The zero-order valence-electron chi connectivity index (χ0n) is 23.7. The highest BCUT2D eigenvalue weighted by molar-refractivity contribution is 7.98. The lowest BCUT2D eigenvalue weighted by Gasteiger charge is -2.24. The lowest BCUT2D eigenvalue weighted by Crippen LogP contribution is -2.42. The van der Waals surface area contributed by atoms with E-state index in [0.29, 0.717) is 16.9 Å². The summed E-state index contributed by atoms with van der Waals surface area (Å²) in [5.41, 5.74) is 1.57. The van der Waals surface area contributed by atoms with Crippen LogP contribution in [0.4, 0.5) is 11.4 Å². The van der Waals surface area contributed by atoms with Crippen LogP contribution in [0, 0.1) is 0 Å². The third kappa shape index (κ3) is 7.33. The van der Waals surface area contributed by atoms with Crippen LogP contribution in [0.25, 0.3) is 0 Å². The topological polar surface area (TPSA) is 137 Å². The van der Waals surface area contributed by atoms with Gasteiger partial charge in [0.25, 0.3) is 11.8 Å². The summed E-state index contributed by atoms with van der Waals surface area (Å²) in [6.45, 7) is 1.47. The number of aldehydes is 1. The molecule has 4 rings (SSSR count). The smallest absolute Gasteiger partial charge is 0.284 e. The highest BCUT2D eigenvalue weighted by Crippen LogP contribution is 2.57. The van der Waals surface area contributed by atoms with Gasteiger partial charge in [0, 0.05) is 24.0 Å². The van der Waals surface area contributed by atoms with E-state index in [2.05, 4.69) is 21.3 Å². The molecule has 0 unspecified atom stereocenters. The number of amides is 3. The van der Waals surface area contributed by atoms with E-state index in [9.17, 15) is 24.3 Å². The van der Waals surface area contributed by atoms with Crippen LogP contribution in [-0.2, 0) is 14.4 Å². The Bertz CT molecular complexity index is 1570. The second-order valence-electron chi connectivity index (χ2n) is 9.57. The molecule has 0 fully saturated rings. The molecule has 0 aromatic heterocycles. The Morgan fingerprint density at radius 1 is 0.721 bits per heavy atom. The molecule has 4 aromatic rings. The van der Waals surface area contributed by atoms with Crippen molar-refractivity contribution in [3.05, 3.63) is 126 Å². The van der Waals surface area contributed by atoms with Crippen LogP contribution < -0.4 is 37.2 Å². The van der Waals surface area contributed by atoms with Crippen molar-refractivity contribution in [1.82, 2.24) is 10.6 Å². The van der Waals surface area contributed by atoms with Gasteiger partial charge in [-0.05, 0) is 79.7 Å². The molecule has 0 aliphatic heterocycles. The number of aliphatic hydroxyl groups excluding tert-OH is 1. The summed E-state index contributed by atoms with van der Waals surface area (Å²) < 4.78 is 0. The monoisotopic (exact) mass is 595 g/mol. The third-order valence-corrected chi connectivity index (χ3v) is 10.7. The summed E-state index contributed by atoms with van der Waals surface area (Å²) in [7, 11) is -0.994. The van der Waals surface area contributed by atoms with Crippen molar-refractivity contribution < 1.29 is 24.3 Å². The summed E-state index contributed by atoms with van der Waals surface area (Å²) in [6, 6.07) is 33.1. The summed E-state index contributed by atoms with van der Waals surface area (Å²) >= 11 is 0. The number of nitrogens with one attached hydrogen (secondary N) is 4. The first kappa shape index (κ1) is 30.7. The van der Waals surface area contributed by atoms with Gasteiger partial charge >= 0.3 is 0 Å². The second kappa shape index (κ2) is 14.1. The highest BCUT2D eigenvalue weighted by Gasteiger charge is 2.44. The molecule has 43 heavy (non-hydrogen) atoms. The van der Waals surface area contributed by atoms with Gasteiger partial charge in [0.15, 0.2) is 0 Å². The molecule has 10 heteroatoms. The van der Waals surface area contributed by atoms with Crippen molar-refractivity contribution in [2.45, 2.75) is 13.0 Å². The number of anilines is 2. The van der Waals surface area contributed by atoms with Crippen molar-refractivity contribution in [2.24, 2.45) is 0 Å². The highest BCUT2D eigenvalue weighted by atomic mass is 31.2. The van der Waals surface area contributed by atoms with Gasteiger partial charge in [0.1, 0.15) is 35.0 Å². The lowest BCUT2D eigenvalue weighted by molar-refractivity contribution is -0.133. The van der Waals surface area contributed by atoms with Crippen LogP contribution in [0.5, 0.6) is 0 Å². The van der Waals surface area contributed by atoms with Crippen molar-refractivity contribution in [2.75, 3.05) is 17.7 Å². The van der Waals surface area contributed by atoms with Crippen LogP contribution >= 0.6 is 7.26 Å². The van der Waals surface area contributed by atoms with Gasteiger partial charge in [-0.3, -0.25) is 19.2 Å². The molecule has 0 radical (unpaired) electrons. The normalized spacial score (nSPS) is 12.0. The maximum Gasteiger partial charge on any atom is 0.284 e. The number of aliphatic hydroxyl groups is 1. The van der Waals surface area contributed by atoms with E-state index in [1.807, 2.05) is 78.6 Å². The summed E-state index contributed by atoms with van der Waals surface area (Å²) in [6.07, 6.45) is 0.108. The summed E-state index contributed by atoms with van der Waals surface area (Å²) in [5.74, 6) is 0.228. The van der Waals surface area contributed by atoms with Gasteiger partial charge in [-0.15, -0.1) is 0 Å². The molecule has 0 aliphatic rings. The standard InChI is InChI=1S/C33H31N4O5P/c1-23(35-30(39)21-38)32(41)37-26-17-15-25(16-18-26)36-31(40)22-43(27-9-5-3-6-10-27,28-11-7-4-8-12-28)29-19-13-24(14-20-29)33(42)34-2/h3-23H,1-2H3,(H4-,34,35,36,37,38,39,40,41,42)/p+1/b31-22-/t23-/m0/s1. The largest absolute Gasteiger partial charge is 0.492 e. The van der Waals surface area contributed by atoms with Gasteiger partial charge in [-0.2, -0.15) is 0 Å². The fraction of sp³-hybridized carbons (Fsp3) is 0.0909. The van der Waals surface area contributed by atoms with Gasteiger partial charge < -0.3 is 26.4 Å². The Hall–Kier alpha value is -5.27. The molecule has 0 heterocycles. The first-order valence-electron chi connectivity index (χ1n) is 13.4. The average molecular weight is 596 g/mol. The first-order valence-corrected chi connectivity index (χ1v) is 15.3. The Morgan fingerprint density at radius 3 is 1.70 bits per heavy atom. The van der Waals surface area contributed by atoms with Crippen molar-refractivity contribution in [3.8, 4) is 0 Å². The van der Waals surface area contributed by atoms with Gasteiger partial charge in [0.05, 0.1) is 0 Å². The summed E-state index contributed by atoms with van der Waals surface area (Å²) in [4.78, 5) is 46.4. The molecule has 4 aromatic carbocycles. The Kier molecular flexibility index (Phi) is 10.0. The molecular weight excluding hydrogens is 563 g/mol. The number of rotatable bonds is 11. The first-order chi connectivity index (χ1) is 20.8. The Morgan fingerprint density at radius 2 is 1.21 bits per heavy atom. The van der Waals surface area contributed by atoms with Crippen LogP contribution in [0.2, 0.25) is 0 Å². The van der Waals surface area contributed by atoms with E-state index < -0.39 is 25.1 Å². The predicted molar refractivity (Wildman–Crippen MR) is 172 cm³/mol. The molecule has 1 atom stereocenters. The lowest BCUT2D eigenvalue weighted by atomic mass is 10.2. The fourth-order valence-electron chi connectivity index (χ4n) is 4.55. The van der Waals surface area contributed by atoms with Gasteiger partial charge in [-0.1, -0.05) is 36.4 Å². The third-order valence-electron chi connectivity index (χ3n) is 6.69. The van der Waals surface area contributed by atoms with Crippen molar-refractivity contribution in [1.29, 1.82) is 0 Å². The maximum absolute atomic E-state index is 12.3. The molecule has 5 N–H and O–H groups in total. The predicted octanol–water partition coefficient (Wildman–Crippen LogP) is 3.45. The fourth-order valence-corrected chi connectivity index (χ4v) is 8.23. The number of carbonyl (C=O) groups is 4. The molecule has 0 saturated carbocycles. The molecule has 218 valence electrons. The van der Waals surface area contributed by atoms with Crippen LogP contribution in [0.1, 0.15) is 17.3 Å². The SMILES string of the molecule is CNC(=O)c1ccc([P+](/C=C(\O)Nc2ccc(NC(=O)[C@H](C)NC(=O)C=O)cc2)(c2ccccc2)c2ccccc2)cc1. The van der Waals surface area contributed by atoms with E-state index in [1.54, 1.807) is 43.4 Å². The summed E-state index contributed by atoms with van der Waals surface area (Å²) in [5, 5.41) is 25.0. The van der Waals surface area contributed by atoms with Gasteiger partial charge in [-0.25, -0.2) is 0 Å². The maximum atomic E-state index is 12.3. The van der Waals surface area contributed by atoms with E-state index in [-0.39, 0.29) is 18.1 Å². The van der Waals surface area contributed by atoms with E-state index in [0.717, 1.165) is 15.9 Å². The minimum atomic E-state index is -2.58. The van der Waals surface area contributed by atoms with E-state index >= 15 is 0 Å². The van der Waals surface area contributed by atoms with Gasteiger partial charge in [0.2, 0.25) is 18.1 Å². The minimum absolute atomic E-state index is 0.0709. The quantitative estimate of drug-likeness (QED) is 0.0780. The number of carbonyl (C=O) groups excluding carboxylic acids is 4. The molecule has 0 bridgehead atoms. The van der Waals surface area contributed by atoms with Crippen molar-refractivity contribution in [3.63, 3.8) is 0 Å². The molecule has 0 spiro atoms. The van der Waals surface area contributed by atoms with E-state index in [1.165, 1.54) is 6.92 Å². The molecule has 9 nitrogen and oxygen atoms in total. The Labute approximate surface area is 250 Å². The Balaban J connectivity index is 1.68. The molecule has 0 aliphatic carbocycles. The minimum Gasteiger partial charge on any atom is -0.492 e. The molecule has 0 saturated heterocycles. The second-order valence-corrected chi connectivity index (χ2v) is 12.8. The number of hydrogen-bond acceptors (Lipinski definition) is 6. The van der Waals surface area contributed by atoms with Crippen LogP contribution in [0.3, 0.4) is 0 Å².